The number of nitrogens with one attached hydrogen (secondary N) is 2. The van der Waals surface area contributed by atoms with Crippen LogP contribution in [0.4, 0.5) is 14.5 Å². The minimum Gasteiger partial charge on any atom is -0.322 e. The van der Waals surface area contributed by atoms with E-state index in [0.29, 0.717) is 0 Å². The lowest BCUT2D eigenvalue weighted by Gasteiger charge is -2.22. The van der Waals surface area contributed by atoms with Crippen LogP contribution in [-0.2, 0) is 4.79 Å². The van der Waals surface area contributed by atoms with Gasteiger partial charge >= 0.3 is 0 Å². The highest BCUT2D eigenvalue weighted by Crippen LogP contribution is 2.17. The number of hydrogen-bond acceptors (Lipinski definition) is 2. The SMILES string of the molecule is Cl.O=C(Nc1cccc(F)c1F)C1CCCCN1. The van der Waals surface area contributed by atoms with Gasteiger partial charge in [0.1, 0.15) is 0 Å². The molecule has 18 heavy (non-hydrogen) atoms. The first-order valence-corrected chi connectivity index (χ1v) is 5.67. The predicted octanol–water partition coefficient (Wildman–Crippen LogP) is 2.47. The van der Waals surface area contributed by atoms with E-state index in [2.05, 4.69) is 10.6 Å². The molecule has 1 aliphatic rings. The molecule has 1 heterocycles. The van der Waals surface area contributed by atoms with Crippen molar-refractivity contribution in [3.63, 3.8) is 0 Å². The van der Waals surface area contributed by atoms with Crippen LogP contribution in [0.25, 0.3) is 0 Å². The van der Waals surface area contributed by atoms with Gasteiger partial charge in [-0.3, -0.25) is 4.79 Å². The van der Waals surface area contributed by atoms with Crippen molar-refractivity contribution in [3.05, 3.63) is 29.8 Å². The minimum absolute atomic E-state index is 0. The first kappa shape index (κ1) is 14.9. The van der Waals surface area contributed by atoms with Gasteiger partial charge in [0.25, 0.3) is 0 Å². The Labute approximate surface area is 110 Å². The molecule has 3 nitrogen and oxygen atoms in total. The smallest absolute Gasteiger partial charge is 0.241 e. The molecule has 0 spiro atoms. The predicted molar refractivity (Wildman–Crippen MR) is 67.9 cm³/mol. The zero-order valence-corrected chi connectivity index (χ0v) is 10.5. The number of piperidine rings is 1. The summed E-state index contributed by atoms with van der Waals surface area (Å²) in [6, 6.07) is 3.41. The van der Waals surface area contributed by atoms with Gasteiger partial charge in [-0.2, -0.15) is 0 Å². The summed E-state index contributed by atoms with van der Waals surface area (Å²) in [4.78, 5) is 11.8. The first-order chi connectivity index (χ1) is 8.18. The van der Waals surface area contributed by atoms with Crippen LogP contribution in [0.15, 0.2) is 18.2 Å². The second-order valence-electron chi connectivity index (χ2n) is 4.09. The molecule has 6 heteroatoms. The molecule has 0 radical (unpaired) electrons. The van der Waals surface area contributed by atoms with Crippen molar-refractivity contribution in [3.8, 4) is 0 Å². The van der Waals surface area contributed by atoms with Crippen LogP contribution in [0, 0.1) is 11.6 Å². The van der Waals surface area contributed by atoms with Crippen molar-refractivity contribution in [2.24, 2.45) is 0 Å². The molecule has 1 aromatic rings. The maximum atomic E-state index is 13.3. The molecule has 1 aromatic carbocycles. The Hall–Kier alpha value is -1.20. The molecule has 2 rings (SSSR count). The van der Waals surface area contributed by atoms with E-state index in [1.165, 1.54) is 12.1 Å². The summed E-state index contributed by atoms with van der Waals surface area (Å²) in [6.07, 6.45) is 2.73. The number of benzene rings is 1. The number of hydrogen-bond donors (Lipinski definition) is 2. The molecule has 100 valence electrons. The fourth-order valence-corrected chi connectivity index (χ4v) is 1.90. The Balaban J connectivity index is 0.00000162. The van der Waals surface area contributed by atoms with Crippen LogP contribution < -0.4 is 10.6 Å². The minimum atomic E-state index is -1.02. The summed E-state index contributed by atoms with van der Waals surface area (Å²) in [5.74, 6) is -2.29. The molecule has 0 bridgehead atoms. The van der Waals surface area contributed by atoms with Gasteiger partial charge in [0.15, 0.2) is 11.6 Å². The highest BCUT2D eigenvalue weighted by molar-refractivity contribution is 5.95. The Morgan fingerprint density at radius 3 is 2.78 bits per heavy atom. The van der Waals surface area contributed by atoms with E-state index in [0.717, 1.165) is 31.9 Å². The number of carbonyl (C=O) groups excluding carboxylic acids is 1. The van der Waals surface area contributed by atoms with E-state index in [9.17, 15) is 13.6 Å². The van der Waals surface area contributed by atoms with Gasteiger partial charge in [-0.1, -0.05) is 12.5 Å². The number of halogens is 3. The lowest BCUT2D eigenvalue weighted by molar-refractivity contribution is -0.118. The maximum Gasteiger partial charge on any atom is 0.241 e. The van der Waals surface area contributed by atoms with Crippen LogP contribution in [0.3, 0.4) is 0 Å². The zero-order chi connectivity index (χ0) is 12.3. The van der Waals surface area contributed by atoms with Crippen molar-refractivity contribution >= 4 is 24.0 Å². The lowest BCUT2D eigenvalue weighted by Crippen LogP contribution is -2.43. The molecule has 1 saturated heterocycles. The summed E-state index contributed by atoms with van der Waals surface area (Å²) in [7, 11) is 0. The molecule has 1 amide bonds. The monoisotopic (exact) mass is 276 g/mol. The quantitative estimate of drug-likeness (QED) is 0.871. The topological polar surface area (TPSA) is 41.1 Å². The van der Waals surface area contributed by atoms with Crippen molar-refractivity contribution in [2.75, 3.05) is 11.9 Å². The third kappa shape index (κ3) is 3.40. The molecular weight excluding hydrogens is 262 g/mol. The van der Waals surface area contributed by atoms with E-state index in [-0.39, 0.29) is 30.0 Å². The zero-order valence-electron chi connectivity index (χ0n) is 9.71. The third-order valence-corrected chi connectivity index (χ3v) is 2.84. The van der Waals surface area contributed by atoms with Gasteiger partial charge < -0.3 is 10.6 Å². The van der Waals surface area contributed by atoms with E-state index >= 15 is 0 Å². The largest absolute Gasteiger partial charge is 0.322 e. The summed E-state index contributed by atoms with van der Waals surface area (Å²) >= 11 is 0. The summed E-state index contributed by atoms with van der Waals surface area (Å²) in [6.45, 7) is 0.781. The fourth-order valence-electron chi connectivity index (χ4n) is 1.90. The van der Waals surface area contributed by atoms with Crippen molar-refractivity contribution in [1.29, 1.82) is 0 Å². The Morgan fingerprint density at radius 2 is 2.11 bits per heavy atom. The first-order valence-electron chi connectivity index (χ1n) is 5.67. The Bertz CT molecular complexity index is 423. The molecular formula is C12H15ClF2N2O. The summed E-state index contributed by atoms with van der Waals surface area (Å²) < 4.78 is 26.2. The van der Waals surface area contributed by atoms with E-state index < -0.39 is 11.6 Å². The lowest BCUT2D eigenvalue weighted by atomic mass is 10.0. The van der Waals surface area contributed by atoms with Crippen LogP contribution in [0.1, 0.15) is 19.3 Å². The second kappa shape index (κ2) is 6.66. The van der Waals surface area contributed by atoms with Crippen molar-refractivity contribution < 1.29 is 13.6 Å². The second-order valence-corrected chi connectivity index (χ2v) is 4.09. The van der Waals surface area contributed by atoms with Crippen LogP contribution >= 0.6 is 12.4 Å². The van der Waals surface area contributed by atoms with Crippen LogP contribution in [0.5, 0.6) is 0 Å². The number of rotatable bonds is 2. The van der Waals surface area contributed by atoms with Crippen LogP contribution in [-0.4, -0.2) is 18.5 Å². The normalized spacial score (nSPS) is 18.9. The molecule has 1 atom stereocenters. The van der Waals surface area contributed by atoms with Gasteiger partial charge in [-0.15, -0.1) is 12.4 Å². The Morgan fingerprint density at radius 1 is 1.33 bits per heavy atom. The van der Waals surface area contributed by atoms with Gasteiger partial charge in [0, 0.05) is 0 Å². The molecule has 0 aromatic heterocycles. The van der Waals surface area contributed by atoms with Gasteiger partial charge in [-0.25, -0.2) is 8.78 Å². The highest BCUT2D eigenvalue weighted by atomic mass is 35.5. The van der Waals surface area contributed by atoms with E-state index in [1.807, 2.05) is 0 Å². The molecule has 1 aliphatic heterocycles. The third-order valence-electron chi connectivity index (χ3n) is 2.84. The standard InChI is InChI=1S/C12H14F2N2O.ClH/c13-8-4-3-6-9(11(8)14)16-12(17)10-5-1-2-7-15-10;/h3-4,6,10,15H,1-2,5,7H2,(H,16,17);1H. The maximum absolute atomic E-state index is 13.3. The molecule has 1 fully saturated rings. The summed E-state index contributed by atoms with van der Waals surface area (Å²) in [5.41, 5.74) is -0.109. The average molecular weight is 277 g/mol. The van der Waals surface area contributed by atoms with Crippen molar-refractivity contribution in [2.45, 2.75) is 25.3 Å². The number of amides is 1. The number of anilines is 1. The molecule has 0 aliphatic carbocycles. The molecule has 1 unspecified atom stereocenters. The average Bonchev–Trinajstić information content (AvgIpc) is 2.36. The fraction of sp³-hybridized carbons (Fsp3) is 0.417. The summed E-state index contributed by atoms with van der Waals surface area (Å²) in [5, 5.41) is 5.45. The van der Waals surface area contributed by atoms with Gasteiger partial charge in [0.2, 0.25) is 5.91 Å². The highest BCUT2D eigenvalue weighted by Gasteiger charge is 2.21. The molecule has 2 N–H and O–H groups in total. The van der Waals surface area contributed by atoms with Crippen LogP contribution in [0.2, 0.25) is 0 Å². The molecule has 0 saturated carbocycles. The van der Waals surface area contributed by atoms with Gasteiger partial charge in [-0.05, 0) is 31.5 Å². The van der Waals surface area contributed by atoms with Crippen molar-refractivity contribution in [1.82, 2.24) is 5.32 Å². The number of carbonyl (C=O) groups is 1. The van der Waals surface area contributed by atoms with E-state index in [4.69, 9.17) is 0 Å². The van der Waals surface area contributed by atoms with E-state index in [1.54, 1.807) is 0 Å². The van der Waals surface area contributed by atoms with Gasteiger partial charge in [0.05, 0.1) is 11.7 Å². The Kier molecular flexibility index (Phi) is 5.50.